The molecule has 0 amide bonds. The van der Waals surface area contributed by atoms with Crippen LogP contribution in [0.3, 0.4) is 0 Å². The van der Waals surface area contributed by atoms with Gasteiger partial charge in [0.2, 0.25) is 0 Å². The fourth-order valence-electron chi connectivity index (χ4n) is 6.73. The highest BCUT2D eigenvalue weighted by molar-refractivity contribution is 5.98. The first kappa shape index (κ1) is 39.2. The molecule has 290 valence electrons. The predicted molar refractivity (Wildman–Crippen MR) is 213 cm³/mol. The summed E-state index contributed by atoms with van der Waals surface area (Å²) in [7, 11) is 11.8. The van der Waals surface area contributed by atoms with E-state index in [0.717, 1.165) is 63.6 Å². The van der Waals surface area contributed by atoms with Gasteiger partial charge in [0, 0.05) is 70.9 Å². The van der Waals surface area contributed by atoms with Crippen molar-refractivity contribution in [3.8, 4) is 17.2 Å². The summed E-state index contributed by atoms with van der Waals surface area (Å²) >= 11 is 0. The average Bonchev–Trinajstić information content (AvgIpc) is 3.86. The summed E-state index contributed by atoms with van der Waals surface area (Å²) in [6.45, 7) is 2.27. The van der Waals surface area contributed by atoms with Crippen LogP contribution >= 0.6 is 0 Å². The van der Waals surface area contributed by atoms with Crippen LogP contribution in [0.25, 0.3) is 32.7 Å². The van der Waals surface area contributed by atoms with E-state index < -0.39 is 36.4 Å². The lowest BCUT2D eigenvalue weighted by Gasteiger charge is -2.24. The molecule has 0 atom stereocenters. The van der Waals surface area contributed by atoms with Crippen LogP contribution in [0.1, 0.15) is 29.5 Å². The predicted octanol–water partition coefficient (Wildman–Crippen LogP) is 5.07. The van der Waals surface area contributed by atoms with Crippen LogP contribution in [0, 0.1) is 0 Å². The van der Waals surface area contributed by atoms with Crippen molar-refractivity contribution < 1.29 is 33.7 Å². The maximum atomic E-state index is 14.2. The first-order chi connectivity index (χ1) is 26.3. The van der Waals surface area contributed by atoms with Gasteiger partial charge in [0.05, 0.1) is 12.8 Å². The average molecular weight is 751 g/mol. The van der Waals surface area contributed by atoms with Gasteiger partial charge in [0.15, 0.2) is 5.60 Å². The van der Waals surface area contributed by atoms with Gasteiger partial charge in [-0.3, -0.25) is 9.59 Å². The van der Waals surface area contributed by atoms with Crippen LogP contribution in [-0.4, -0.2) is 120 Å². The fourth-order valence-corrected chi connectivity index (χ4v) is 6.73. The van der Waals surface area contributed by atoms with Gasteiger partial charge in [0.25, 0.3) is 0 Å². The number of aliphatic hydroxyl groups is 1. The van der Waals surface area contributed by atoms with E-state index in [2.05, 4.69) is 24.8 Å². The highest BCUT2D eigenvalue weighted by Crippen LogP contribution is 2.34. The molecule has 0 aliphatic rings. The quantitative estimate of drug-likeness (QED) is 0.0734. The van der Waals surface area contributed by atoms with E-state index in [4.69, 9.17) is 14.2 Å². The smallest absolute Gasteiger partial charge is 0.344 e. The van der Waals surface area contributed by atoms with Crippen molar-refractivity contribution in [2.24, 2.45) is 0 Å². The first-order valence-electron chi connectivity index (χ1n) is 18.4. The Balaban J connectivity index is 1.30. The second kappa shape index (κ2) is 16.9. The third-order valence-corrected chi connectivity index (χ3v) is 9.64. The van der Waals surface area contributed by atoms with Crippen molar-refractivity contribution in [2.45, 2.75) is 37.7 Å². The minimum absolute atomic E-state index is 0.183. The van der Waals surface area contributed by atoms with Crippen molar-refractivity contribution in [1.82, 2.24) is 29.7 Å². The summed E-state index contributed by atoms with van der Waals surface area (Å²) in [4.78, 5) is 57.5. The second-order valence-corrected chi connectivity index (χ2v) is 14.9. The Bertz CT molecular complexity index is 2190. The van der Waals surface area contributed by atoms with E-state index in [1.807, 2.05) is 84.0 Å². The topological polar surface area (TPSA) is 156 Å². The molecule has 0 bridgehead atoms. The molecule has 0 saturated carbocycles. The Morgan fingerprint density at radius 1 is 0.545 bits per heavy atom. The molecule has 0 fully saturated rings. The molecule has 3 aromatic carbocycles. The van der Waals surface area contributed by atoms with Crippen molar-refractivity contribution in [2.75, 3.05) is 61.9 Å². The van der Waals surface area contributed by atoms with Gasteiger partial charge in [0.1, 0.15) is 17.2 Å². The molecule has 6 rings (SSSR count). The Kier molecular flexibility index (Phi) is 12.1. The third-order valence-electron chi connectivity index (χ3n) is 9.64. The summed E-state index contributed by atoms with van der Waals surface area (Å²) in [6, 6.07) is 15.8. The van der Waals surface area contributed by atoms with E-state index in [9.17, 15) is 19.5 Å². The number of fused-ring (bicyclic) bond motifs is 3. The van der Waals surface area contributed by atoms with Gasteiger partial charge in [-0.1, -0.05) is 18.2 Å². The molecular formula is C42H50N6O7. The van der Waals surface area contributed by atoms with Gasteiger partial charge >= 0.3 is 17.9 Å². The van der Waals surface area contributed by atoms with Crippen LogP contribution in [0.15, 0.2) is 73.2 Å². The lowest BCUT2D eigenvalue weighted by molar-refractivity contribution is -0.166. The Hall–Kier alpha value is -5.47. The van der Waals surface area contributed by atoms with Crippen LogP contribution in [-0.2, 0) is 33.6 Å². The second-order valence-electron chi connectivity index (χ2n) is 14.9. The molecule has 6 aromatic rings. The molecule has 0 aliphatic carbocycles. The van der Waals surface area contributed by atoms with Gasteiger partial charge < -0.3 is 49.0 Å². The number of esters is 3. The lowest BCUT2D eigenvalue weighted by atomic mass is 9.95. The van der Waals surface area contributed by atoms with Crippen LogP contribution in [0.4, 0.5) is 0 Å². The zero-order valence-corrected chi connectivity index (χ0v) is 32.3. The van der Waals surface area contributed by atoms with Gasteiger partial charge in [-0.15, -0.1) is 0 Å². The summed E-state index contributed by atoms with van der Waals surface area (Å²) < 4.78 is 17.6. The molecule has 0 spiro atoms. The Labute approximate surface area is 320 Å². The maximum absolute atomic E-state index is 14.2. The number of likely N-dealkylation sites (N-methyl/N-ethyl adjacent to an activating group) is 3. The minimum atomic E-state index is -2.66. The van der Waals surface area contributed by atoms with E-state index in [1.54, 1.807) is 36.4 Å². The standard InChI is InChI=1S/C42H50N6O7/c1-46(2)19-16-27-24-43-30-10-7-13-33(38(27)30)53-36(49)22-42(52,41(51)55-35-15-9-12-32-40(35)29(26-45-32)18-21-48(5)6)23-37(50)54-34-14-8-11-31-39(34)28(25-44-31)17-20-47(3)4/h7-15,24-26,43-45,52H,16-23H2,1-6H3. The number of hydrogen-bond donors (Lipinski definition) is 4. The molecule has 0 aliphatic heterocycles. The molecule has 4 N–H and O–H groups in total. The maximum Gasteiger partial charge on any atom is 0.344 e. The number of aromatic nitrogens is 3. The van der Waals surface area contributed by atoms with E-state index in [-0.39, 0.29) is 17.2 Å². The molecule has 3 aromatic heterocycles. The third kappa shape index (κ3) is 9.26. The lowest BCUT2D eigenvalue weighted by Crippen LogP contribution is -2.47. The molecule has 0 unspecified atom stereocenters. The van der Waals surface area contributed by atoms with Crippen LogP contribution in [0.5, 0.6) is 17.2 Å². The molecule has 0 radical (unpaired) electrons. The number of H-pyrrole nitrogens is 3. The normalized spacial score (nSPS) is 12.1. The van der Waals surface area contributed by atoms with E-state index in [0.29, 0.717) is 24.6 Å². The monoisotopic (exact) mass is 750 g/mol. The molecule has 0 saturated heterocycles. The largest absolute Gasteiger partial charge is 0.426 e. The van der Waals surface area contributed by atoms with Gasteiger partial charge in [-0.2, -0.15) is 0 Å². The SMILES string of the molecule is CN(C)CCc1c[nH]c2cccc(OC(=O)CC(O)(CC(=O)Oc3cccc4[nH]cc(CCN(C)C)c34)C(=O)Oc3cccc4[nH]cc(CCN(C)C)c34)c12. The highest BCUT2D eigenvalue weighted by Gasteiger charge is 2.44. The van der Waals surface area contributed by atoms with Crippen molar-refractivity contribution in [3.63, 3.8) is 0 Å². The summed E-state index contributed by atoms with van der Waals surface area (Å²) in [5.41, 5.74) is 2.41. The number of benzene rings is 3. The van der Waals surface area contributed by atoms with Crippen LogP contribution < -0.4 is 14.2 Å². The first-order valence-corrected chi connectivity index (χ1v) is 18.4. The number of hydrogen-bond acceptors (Lipinski definition) is 10. The number of ether oxygens (including phenoxy) is 3. The molecular weight excluding hydrogens is 700 g/mol. The van der Waals surface area contributed by atoms with Crippen molar-refractivity contribution in [1.29, 1.82) is 0 Å². The van der Waals surface area contributed by atoms with E-state index >= 15 is 0 Å². The summed E-state index contributed by atoms with van der Waals surface area (Å²) in [5.74, 6) is -2.32. The molecule has 55 heavy (non-hydrogen) atoms. The van der Waals surface area contributed by atoms with E-state index in [1.165, 1.54) is 0 Å². The van der Waals surface area contributed by atoms with Crippen molar-refractivity contribution in [3.05, 3.63) is 89.9 Å². The summed E-state index contributed by atoms with van der Waals surface area (Å²) in [6.07, 6.45) is 5.89. The van der Waals surface area contributed by atoms with Gasteiger partial charge in [-0.05, 0) is 115 Å². The Morgan fingerprint density at radius 3 is 1.20 bits per heavy atom. The fraction of sp³-hybridized carbons (Fsp3) is 0.357. The number of carbonyl (C=O) groups excluding carboxylic acids is 3. The summed E-state index contributed by atoms with van der Waals surface area (Å²) in [5, 5.41) is 14.2. The number of carbonyl (C=O) groups is 3. The number of nitrogens with zero attached hydrogens (tertiary/aromatic N) is 3. The molecule has 13 heteroatoms. The van der Waals surface area contributed by atoms with Crippen LogP contribution in [0.2, 0.25) is 0 Å². The minimum Gasteiger partial charge on any atom is -0.426 e. The van der Waals surface area contributed by atoms with Crippen molar-refractivity contribution >= 4 is 50.6 Å². The number of rotatable bonds is 17. The number of aromatic amines is 3. The molecule has 13 nitrogen and oxygen atoms in total. The Morgan fingerprint density at radius 2 is 0.873 bits per heavy atom. The zero-order valence-electron chi connectivity index (χ0n) is 32.3. The highest BCUT2D eigenvalue weighted by atomic mass is 16.6. The number of nitrogens with one attached hydrogen (secondary N) is 3. The van der Waals surface area contributed by atoms with Gasteiger partial charge in [-0.25, -0.2) is 4.79 Å². The molecule has 3 heterocycles. The zero-order chi connectivity index (χ0) is 39.3.